The number of nitro benzene ring substituents is 1. The molecule has 1 N–H and O–H groups in total. The number of thiazole rings is 1. The smallest absolute Gasteiger partial charge is 0.294 e. The predicted molar refractivity (Wildman–Crippen MR) is 111 cm³/mol. The van der Waals surface area contributed by atoms with Crippen molar-refractivity contribution in [2.45, 2.75) is 13.8 Å². The van der Waals surface area contributed by atoms with Crippen molar-refractivity contribution in [2.75, 3.05) is 0 Å². The first kappa shape index (κ1) is 17.9. The van der Waals surface area contributed by atoms with Crippen molar-refractivity contribution in [3.8, 4) is 0 Å². The number of benzene rings is 2. The Hall–Kier alpha value is -3.52. The van der Waals surface area contributed by atoms with Crippen LogP contribution in [0.25, 0.3) is 10.9 Å². The Balaban J connectivity index is 1.81. The zero-order chi connectivity index (χ0) is 19.7. The fraction of sp³-hybridized carbons (Fsp3) is 0.100. The minimum Gasteiger partial charge on any atom is -0.358 e. The van der Waals surface area contributed by atoms with Crippen LogP contribution in [0.15, 0.2) is 64.0 Å². The van der Waals surface area contributed by atoms with Gasteiger partial charge in [-0.3, -0.25) is 10.1 Å². The second kappa shape index (κ2) is 7.24. The van der Waals surface area contributed by atoms with Crippen molar-refractivity contribution in [3.05, 3.63) is 85.8 Å². The van der Waals surface area contributed by atoms with E-state index in [1.54, 1.807) is 29.1 Å². The van der Waals surface area contributed by atoms with E-state index in [0.717, 1.165) is 27.9 Å². The molecular formula is C20H17N5O2S. The van der Waals surface area contributed by atoms with Gasteiger partial charge in [0.2, 0.25) is 4.80 Å². The number of hydrogen-bond acceptors (Lipinski definition) is 5. The quantitative estimate of drug-likeness (QED) is 0.311. The number of aromatic nitrogens is 2. The van der Waals surface area contributed by atoms with E-state index in [0.29, 0.717) is 10.5 Å². The molecule has 28 heavy (non-hydrogen) atoms. The summed E-state index contributed by atoms with van der Waals surface area (Å²) in [4.78, 5) is 19.2. The zero-order valence-electron chi connectivity index (χ0n) is 15.3. The second-order valence-electron chi connectivity index (χ2n) is 6.28. The molecule has 0 fully saturated rings. The summed E-state index contributed by atoms with van der Waals surface area (Å²) in [6.07, 6.45) is 1.80. The number of nitrogens with zero attached hydrogens (tertiary/aromatic N) is 4. The average Bonchev–Trinajstić information content (AvgIpc) is 3.19. The van der Waals surface area contributed by atoms with Crippen molar-refractivity contribution < 1.29 is 4.92 Å². The summed E-state index contributed by atoms with van der Waals surface area (Å²) in [7, 11) is 0. The standard InChI is InChI=1S/C20H17N5O2S/c1-13-12-28-20(23-18-9-5-6-10-19(18)25(26)27)24(13)21-11-16-14(2)22-17-8-4-3-7-15(16)17/h3-12,22H,1-2H3. The molecule has 4 aromatic rings. The van der Waals surface area contributed by atoms with Gasteiger partial charge in [-0.25, -0.2) is 9.67 Å². The Kier molecular flexibility index (Phi) is 4.62. The fourth-order valence-electron chi connectivity index (χ4n) is 3.00. The minimum atomic E-state index is -0.428. The number of fused-ring (bicyclic) bond motifs is 1. The molecule has 0 saturated carbocycles. The summed E-state index contributed by atoms with van der Waals surface area (Å²) < 4.78 is 1.70. The molecule has 0 unspecified atom stereocenters. The van der Waals surface area contributed by atoms with Crippen LogP contribution in [0.1, 0.15) is 17.0 Å². The number of nitrogens with one attached hydrogen (secondary N) is 1. The van der Waals surface area contributed by atoms with Crippen LogP contribution in [-0.4, -0.2) is 20.8 Å². The summed E-state index contributed by atoms with van der Waals surface area (Å²) in [6, 6.07) is 14.5. The maximum Gasteiger partial charge on any atom is 0.294 e. The van der Waals surface area contributed by atoms with Crippen LogP contribution in [0.5, 0.6) is 0 Å². The first-order valence-corrected chi connectivity index (χ1v) is 9.49. The highest BCUT2D eigenvalue weighted by molar-refractivity contribution is 7.07. The molecule has 0 aliphatic heterocycles. The number of rotatable bonds is 4. The van der Waals surface area contributed by atoms with Crippen molar-refractivity contribution in [3.63, 3.8) is 0 Å². The zero-order valence-corrected chi connectivity index (χ0v) is 16.1. The van der Waals surface area contributed by atoms with Crippen molar-refractivity contribution in [1.29, 1.82) is 0 Å². The van der Waals surface area contributed by atoms with E-state index in [4.69, 9.17) is 0 Å². The highest BCUT2D eigenvalue weighted by Gasteiger charge is 2.12. The van der Waals surface area contributed by atoms with E-state index >= 15 is 0 Å². The van der Waals surface area contributed by atoms with Gasteiger partial charge in [-0.1, -0.05) is 30.3 Å². The normalized spacial score (nSPS) is 12.3. The first-order valence-electron chi connectivity index (χ1n) is 8.61. The summed E-state index contributed by atoms with van der Waals surface area (Å²) in [5.41, 5.74) is 4.26. The van der Waals surface area contributed by atoms with Crippen LogP contribution >= 0.6 is 11.3 Å². The Labute approximate surface area is 164 Å². The predicted octanol–water partition coefficient (Wildman–Crippen LogP) is 4.67. The highest BCUT2D eigenvalue weighted by Crippen LogP contribution is 2.26. The van der Waals surface area contributed by atoms with E-state index in [1.165, 1.54) is 17.4 Å². The van der Waals surface area contributed by atoms with Crippen molar-refractivity contribution in [2.24, 2.45) is 10.1 Å². The number of para-hydroxylation sites is 3. The lowest BCUT2D eigenvalue weighted by Gasteiger charge is -1.99. The van der Waals surface area contributed by atoms with Crippen molar-refractivity contribution >= 4 is 39.8 Å². The average molecular weight is 391 g/mol. The Morgan fingerprint density at radius 3 is 2.71 bits per heavy atom. The van der Waals surface area contributed by atoms with Gasteiger partial charge >= 0.3 is 0 Å². The molecule has 2 heterocycles. The Morgan fingerprint density at radius 2 is 1.89 bits per heavy atom. The summed E-state index contributed by atoms with van der Waals surface area (Å²) in [5, 5.41) is 18.9. The lowest BCUT2D eigenvalue weighted by Crippen LogP contribution is -2.11. The van der Waals surface area contributed by atoms with Gasteiger partial charge in [-0.15, -0.1) is 11.3 Å². The third kappa shape index (κ3) is 3.25. The molecular weight excluding hydrogens is 374 g/mol. The second-order valence-corrected chi connectivity index (χ2v) is 7.12. The minimum absolute atomic E-state index is 0.0310. The molecule has 0 atom stereocenters. The molecule has 0 aliphatic rings. The molecule has 0 spiro atoms. The Morgan fingerprint density at radius 1 is 1.14 bits per heavy atom. The van der Waals surface area contributed by atoms with E-state index in [-0.39, 0.29) is 5.69 Å². The van der Waals surface area contributed by atoms with Crippen LogP contribution < -0.4 is 4.80 Å². The van der Waals surface area contributed by atoms with Gasteiger partial charge in [0.1, 0.15) is 5.69 Å². The van der Waals surface area contributed by atoms with Gasteiger partial charge in [-0.2, -0.15) is 5.10 Å². The topological polar surface area (TPSA) is 88.6 Å². The molecule has 0 aliphatic carbocycles. The van der Waals surface area contributed by atoms with Gasteiger partial charge < -0.3 is 4.98 Å². The first-order chi connectivity index (χ1) is 13.5. The van der Waals surface area contributed by atoms with Gasteiger partial charge in [-0.05, 0) is 26.0 Å². The maximum atomic E-state index is 11.3. The SMILES string of the molecule is Cc1[nH]c2ccccc2c1C=Nn1c(C)csc1=Nc1ccccc1[N+](=O)[O-]. The van der Waals surface area contributed by atoms with Crippen molar-refractivity contribution in [1.82, 2.24) is 9.66 Å². The maximum absolute atomic E-state index is 11.3. The van der Waals surface area contributed by atoms with Crippen LogP contribution in [0, 0.1) is 24.0 Å². The third-order valence-electron chi connectivity index (χ3n) is 4.39. The molecule has 0 amide bonds. The molecule has 0 radical (unpaired) electrons. The summed E-state index contributed by atoms with van der Waals surface area (Å²) in [5.74, 6) is 0. The van der Waals surface area contributed by atoms with Crippen LogP contribution in [-0.2, 0) is 0 Å². The Bertz CT molecular complexity index is 1280. The molecule has 8 heteroatoms. The third-order valence-corrected chi connectivity index (χ3v) is 5.32. The summed E-state index contributed by atoms with van der Waals surface area (Å²) >= 11 is 1.39. The van der Waals surface area contributed by atoms with Gasteiger partial charge in [0.15, 0.2) is 0 Å². The molecule has 2 aromatic carbocycles. The van der Waals surface area contributed by atoms with Gasteiger partial charge in [0, 0.05) is 33.6 Å². The monoisotopic (exact) mass is 391 g/mol. The number of aromatic amines is 1. The van der Waals surface area contributed by atoms with Gasteiger partial charge in [0.05, 0.1) is 16.8 Å². The van der Waals surface area contributed by atoms with E-state index in [1.807, 2.05) is 43.5 Å². The molecule has 4 rings (SSSR count). The van der Waals surface area contributed by atoms with Crippen LogP contribution in [0.2, 0.25) is 0 Å². The van der Waals surface area contributed by atoms with Crippen LogP contribution in [0.4, 0.5) is 11.4 Å². The molecule has 140 valence electrons. The highest BCUT2D eigenvalue weighted by atomic mass is 32.1. The largest absolute Gasteiger partial charge is 0.358 e. The lowest BCUT2D eigenvalue weighted by molar-refractivity contribution is -0.384. The molecule has 7 nitrogen and oxygen atoms in total. The van der Waals surface area contributed by atoms with Gasteiger partial charge in [0.25, 0.3) is 5.69 Å². The van der Waals surface area contributed by atoms with Crippen LogP contribution in [0.3, 0.4) is 0 Å². The van der Waals surface area contributed by atoms with E-state index in [2.05, 4.69) is 15.1 Å². The number of aryl methyl sites for hydroxylation is 2. The summed E-state index contributed by atoms with van der Waals surface area (Å²) in [6.45, 7) is 3.93. The molecule has 0 bridgehead atoms. The molecule has 2 aromatic heterocycles. The molecule has 0 saturated heterocycles. The lowest BCUT2D eigenvalue weighted by atomic mass is 10.1. The van der Waals surface area contributed by atoms with E-state index in [9.17, 15) is 10.1 Å². The fourth-order valence-corrected chi connectivity index (χ4v) is 3.82. The number of H-pyrrole nitrogens is 1. The number of nitro groups is 1. The number of hydrogen-bond donors (Lipinski definition) is 1. The van der Waals surface area contributed by atoms with E-state index < -0.39 is 4.92 Å².